The summed E-state index contributed by atoms with van der Waals surface area (Å²) in [6.07, 6.45) is 3.89. The third-order valence-electron chi connectivity index (χ3n) is 4.02. The van der Waals surface area contributed by atoms with Gasteiger partial charge in [0.2, 0.25) is 0 Å². The highest BCUT2D eigenvalue weighted by Gasteiger charge is 2.08. The van der Waals surface area contributed by atoms with Crippen molar-refractivity contribution in [1.29, 1.82) is 0 Å². The van der Waals surface area contributed by atoms with E-state index in [1.165, 1.54) is 12.1 Å². The fourth-order valence-corrected chi connectivity index (χ4v) is 2.70. The first-order chi connectivity index (χ1) is 13.2. The van der Waals surface area contributed by atoms with Gasteiger partial charge >= 0.3 is 0 Å². The van der Waals surface area contributed by atoms with E-state index in [1.54, 1.807) is 24.3 Å². The van der Waals surface area contributed by atoms with Gasteiger partial charge in [-0.1, -0.05) is 30.3 Å². The Labute approximate surface area is 155 Å². The first kappa shape index (κ1) is 16.8. The maximum atomic E-state index is 13.5. The number of rotatable bonds is 5. The number of nitrogens with zero attached hydrogens (tertiary/aromatic N) is 2. The molecule has 0 fully saturated rings. The summed E-state index contributed by atoms with van der Waals surface area (Å²) in [5, 5.41) is 2.72. The predicted molar refractivity (Wildman–Crippen MR) is 101 cm³/mol. The monoisotopic (exact) mass is 361 g/mol. The zero-order valence-electron chi connectivity index (χ0n) is 14.3. The van der Waals surface area contributed by atoms with Crippen LogP contribution in [0.2, 0.25) is 0 Å². The Bertz CT molecular complexity index is 1060. The summed E-state index contributed by atoms with van der Waals surface area (Å²) in [6, 6.07) is 19.1. The first-order valence-corrected chi connectivity index (χ1v) is 8.40. The van der Waals surface area contributed by atoms with Gasteiger partial charge < -0.3 is 14.5 Å². The van der Waals surface area contributed by atoms with Crippen molar-refractivity contribution in [2.45, 2.75) is 0 Å². The Hall–Kier alpha value is -3.67. The van der Waals surface area contributed by atoms with Crippen LogP contribution < -0.4 is 10.1 Å². The molecule has 0 aliphatic rings. The van der Waals surface area contributed by atoms with Gasteiger partial charge in [0.25, 0.3) is 5.91 Å². The SMILES string of the molecule is O=C(COc1ccccc1F)Nc1ccc(-c2cn3ccccc3n2)cc1. The number of hydrogen-bond acceptors (Lipinski definition) is 3. The number of nitrogens with one attached hydrogen (secondary N) is 1. The molecule has 2 aromatic carbocycles. The summed E-state index contributed by atoms with van der Waals surface area (Å²) in [6.45, 7) is -0.269. The van der Waals surface area contributed by atoms with Crippen molar-refractivity contribution in [1.82, 2.24) is 9.38 Å². The van der Waals surface area contributed by atoms with Crippen LogP contribution in [0.1, 0.15) is 0 Å². The molecule has 4 rings (SSSR count). The summed E-state index contributed by atoms with van der Waals surface area (Å²) in [5.41, 5.74) is 3.29. The smallest absolute Gasteiger partial charge is 0.262 e. The number of imidazole rings is 1. The normalized spacial score (nSPS) is 10.7. The number of aromatic nitrogens is 2. The van der Waals surface area contributed by atoms with Gasteiger partial charge in [-0.2, -0.15) is 0 Å². The van der Waals surface area contributed by atoms with Crippen molar-refractivity contribution < 1.29 is 13.9 Å². The van der Waals surface area contributed by atoms with Gasteiger partial charge in [0, 0.05) is 23.6 Å². The molecule has 0 atom stereocenters. The molecule has 0 spiro atoms. The molecule has 27 heavy (non-hydrogen) atoms. The molecule has 0 aliphatic carbocycles. The molecule has 0 bridgehead atoms. The van der Waals surface area contributed by atoms with E-state index in [0.29, 0.717) is 5.69 Å². The van der Waals surface area contributed by atoms with Gasteiger partial charge in [-0.25, -0.2) is 9.37 Å². The molecular weight excluding hydrogens is 345 g/mol. The van der Waals surface area contributed by atoms with Crippen LogP contribution in [0.4, 0.5) is 10.1 Å². The fraction of sp³-hybridized carbons (Fsp3) is 0.0476. The third kappa shape index (κ3) is 3.79. The van der Waals surface area contributed by atoms with Crippen molar-refractivity contribution >= 4 is 17.2 Å². The molecule has 1 N–H and O–H groups in total. The van der Waals surface area contributed by atoms with E-state index in [0.717, 1.165) is 16.9 Å². The Morgan fingerprint density at radius 2 is 1.81 bits per heavy atom. The average Bonchev–Trinajstić information content (AvgIpc) is 3.12. The number of fused-ring (bicyclic) bond motifs is 1. The quantitative estimate of drug-likeness (QED) is 0.581. The zero-order chi connectivity index (χ0) is 18.6. The lowest BCUT2D eigenvalue weighted by atomic mass is 10.1. The number of carbonyl (C=O) groups excluding carboxylic acids is 1. The molecule has 6 heteroatoms. The molecule has 5 nitrogen and oxygen atoms in total. The molecule has 0 radical (unpaired) electrons. The van der Waals surface area contributed by atoms with Gasteiger partial charge in [0.05, 0.1) is 5.69 Å². The highest BCUT2D eigenvalue weighted by atomic mass is 19.1. The second-order valence-corrected chi connectivity index (χ2v) is 5.94. The number of hydrogen-bond donors (Lipinski definition) is 1. The molecule has 2 aromatic heterocycles. The van der Waals surface area contributed by atoms with Gasteiger partial charge in [0.1, 0.15) is 5.65 Å². The fourth-order valence-electron chi connectivity index (χ4n) is 2.70. The van der Waals surface area contributed by atoms with Gasteiger partial charge in [-0.05, 0) is 36.4 Å². The molecule has 0 unspecified atom stereocenters. The number of pyridine rings is 1. The molecule has 2 heterocycles. The largest absolute Gasteiger partial charge is 0.481 e. The molecule has 4 aromatic rings. The standard InChI is InChI=1S/C21H16FN3O2/c22-17-5-1-2-6-19(17)27-14-21(26)23-16-10-8-15(9-11-16)18-13-25-12-4-3-7-20(25)24-18/h1-13H,14H2,(H,23,26). The van der Waals surface area contributed by atoms with Crippen LogP contribution >= 0.6 is 0 Å². The number of ether oxygens (including phenoxy) is 1. The molecule has 1 amide bonds. The Morgan fingerprint density at radius 1 is 1.04 bits per heavy atom. The highest BCUT2D eigenvalue weighted by molar-refractivity contribution is 5.92. The van der Waals surface area contributed by atoms with Crippen LogP contribution in [0.25, 0.3) is 16.9 Å². The minimum absolute atomic E-state index is 0.0508. The van der Waals surface area contributed by atoms with Crippen molar-refractivity contribution in [3.63, 3.8) is 0 Å². The second-order valence-electron chi connectivity index (χ2n) is 5.94. The minimum Gasteiger partial charge on any atom is -0.481 e. The van der Waals surface area contributed by atoms with E-state index in [1.807, 2.05) is 47.1 Å². The molecule has 0 saturated carbocycles. The van der Waals surface area contributed by atoms with E-state index in [2.05, 4.69) is 10.3 Å². The number of anilines is 1. The van der Waals surface area contributed by atoms with Crippen LogP contribution in [0.5, 0.6) is 5.75 Å². The van der Waals surface area contributed by atoms with Crippen molar-refractivity contribution in [2.24, 2.45) is 0 Å². The minimum atomic E-state index is -0.498. The summed E-state index contributed by atoms with van der Waals surface area (Å²) in [7, 11) is 0. The lowest BCUT2D eigenvalue weighted by Gasteiger charge is -2.08. The third-order valence-corrected chi connectivity index (χ3v) is 4.02. The van der Waals surface area contributed by atoms with Crippen LogP contribution in [0, 0.1) is 5.82 Å². The highest BCUT2D eigenvalue weighted by Crippen LogP contribution is 2.21. The van der Waals surface area contributed by atoms with Gasteiger partial charge in [0.15, 0.2) is 18.2 Å². The average molecular weight is 361 g/mol. The summed E-state index contributed by atoms with van der Waals surface area (Å²) >= 11 is 0. The maximum Gasteiger partial charge on any atom is 0.262 e. The van der Waals surface area contributed by atoms with E-state index >= 15 is 0 Å². The Kier molecular flexibility index (Phi) is 4.53. The Balaban J connectivity index is 1.40. The molecule has 0 aliphatic heterocycles. The van der Waals surface area contributed by atoms with Crippen molar-refractivity contribution in [3.8, 4) is 17.0 Å². The van der Waals surface area contributed by atoms with Crippen LogP contribution in [-0.2, 0) is 4.79 Å². The summed E-state index contributed by atoms with van der Waals surface area (Å²) < 4.78 is 20.6. The zero-order valence-corrected chi connectivity index (χ0v) is 14.3. The predicted octanol–water partition coefficient (Wildman–Crippen LogP) is 4.16. The topological polar surface area (TPSA) is 55.6 Å². The van der Waals surface area contributed by atoms with E-state index in [9.17, 15) is 9.18 Å². The molecule has 134 valence electrons. The van der Waals surface area contributed by atoms with Gasteiger partial charge in [-0.15, -0.1) is 0 Å². The number of halogens is 1. The van der Waals surface area contributed by atoms with E-state index < -0.39 is 5.82 Å². The second kappa shape index (κ2) is 7.29. The number of para-hydroxylation sites is 1. The van der Waals surface area contributed by atoms with E-state index in [-0.39, 0.29) is 18.3 Å². The molecule has 0 saturated heterocycles. The van der Waals surface area contributed by atoms with Crippen LogP contribution in [0.15, 0.2) is 79.1 Å². The maximum absolute atomic E-state index is 13.5. The number of benzene rings is 2. The van der Waals surface area contributed by atoms with Crippen molar-refractivity contribution in [3.05, 3.63) is 84.9 Å². The van der Waals surface area contributed by atoms with E-state index in [4.69, 9.17) is 4.74 Å². The lowest BCUT2D eigenvalue weighted by molar-refractivity contribution is -0.118. The molecular formula is C21H16FN3O2. The summed E-state index contributed by atoms with van der Waals surface area (Å²) in [5.74, 6) is -0.810. The van der Waals surface area contributed by atoms with Crippen molar-refractivity contribution in [2.75, 3.05) is 11.9 Å². The number of amides is 1. The number of carbonyl (C=O) groups is 1. The first-order valence-electron chi connectivity index (χ1n) is 8.40. The van der Waals surface area contributed by atoms with Crippen LogP contribution in [-0.4, -0.2) is 21.9 Å². The van der Waals surface area contributed by atoms with Gasteiger partial charge in [-0.3, -0.25) is 4.79 Å². The Morgan fingerprint density at radius 3 is 2.59 bits per heavy atom. The van der Waals surface area contributed by atoms with Crippen LogP contribution in [0.3, 0.4) is 0 Å². The lowest BCUT2D eigenvalue weighted by Crippen LogP contribution is -2.20. The summed E-state index contributed by atoms with van der Waals surface area (Å²) in [4.78, 5) is 16.6.